The van der Waals surface area contributed by atoms with Crippen molar-refractivity contribution < 1.29 is 26.8 Å². The first kappa shape index (κ1) is 25.7. The minimum Gasteiger partial charge on any atom is -0.422 e. The van der Waals surface area contributed by atoms with Crippen molar-refractivity contribution in [2.75, 3.05) is 31.2 Å². The molecule has 3 aromatic rings. The number of alkyl halides is 1. The molecule has 0 radical (unpaired) electrons. The van der Waals surface area contributed by atoms with Crippen LogP contribution in [-0.2, 0) is 23.1 Å². The molecule has 34 heavy (non-hydrogen) atoms. The minimum atomic E-state index is -3.92. The molecule has 0 aliphatic carbocycles. The summed E-state index contributed by atoms with van der Waals surface area (Å²) in [5.74, 6) is -0.584. The van der Waals surface area contributed by atoms with E-state index in [2.05, 4.69) is 25.4 Å². The lowest BCUT2D eigenvalue weighted by atomic mass is 9.96. The van der Waals surface area contributed by atoms with Crippen LogP contribution in [0.5, 0.6) is 5.75 Å². The Morgan fingerprint density at radius 2 is 1.94 bits per heavy atom. The van der Waals surface area contributed by atoms with E-state index in [1.165, 1.54) is 36.2 Å². The number of halogens is 2. The molecule has 2 aromatic carbocycles. The zero-order chi connectivity index (χ0) is 25.0. The topological polar surface area (TPSA) is 118 Å². The van der Waals surface area contributed by atoms with Gasteiger partial charge in [-0.2, -0.15) is 8.42 Å². The second-order valence-electron chi connectivity index (χ2n) is 7.47. The number of anilines is 1. The van der Waals surface area contributed by atoms with Gasteiger partial charge in [0.1, 0.15) is 11.3 Å². The Hall–Kier alpha value is -2.96. The fourth-order valence-electron chi connectivity index (χ4n) is 3.28. The SMILES string of the molecule is CNS(=O)(=O)Nc1cccc(Cc2c(CCBr)c3ccc(OC(=O)N(C)C)cc3oc2=O)c1F. The second kappa shape index (κ2) is 10.5. The Morgan fingerprint density at radius 3 is 2.59 bits per heavy atom. The predicted molar refractivity (Wildman–Crippen MR) is 131 cm³/mol. The maximum absolute atomic E-state index is 15.1. The van der Waals surface area contributed by atoms with Crippen LogP contribution in [0.25, 0.3) is 11.0 Å². The minimum absolute atomic E-state index is 0.112. The van der Waals surface area contributed by atoms with Crippen LogP contribution in [0.1, 0.15) is 16.7 Å². The van der Waals surface area contributed by atoms with E-state index in [-0.39, 0.29) is 34.6 Å². The van der Waals surface area contributed by atoms with E-state index in [1.54, 1.807) is 26.2 Å². The maximum Gasteiger partial charge on any atom is 0.414 e. The summed E-state index contributed by atoms with van der Waals surface area (Å²) in [6, 6.07) is 8.95. The smallest absolute Gasteiger partial charge is 0.414 e. The van der Waals surface area contributed by atoms with Crippen LogP contribution in [0.3, 0.4) is 0 Å². The number of fused-ring (bicyclic) bond motifs is 1. The lowest BCUT2D eigenvalue weighted by Gasteiger charge is -2.14. The van der Waals surface area contributed by atoms with Gasteiger partial charge in [-0.3, -0.25) is 4.72 Å². The van der Waals surface area contributed by atoms with E-state index in [9.17, 15) is 18.0 Å². The van der Waals surface area contributed by atoms with Gasteiger partial charge >= 0.3 is 11.7 Å². The zero-order valence-corrected chi connectivity index (χ0v) is 21.0. The molecular weight excluding hydrogens is 533 g/mol. The molecule has 0 saturated heterocycles. The average Bonchev–Trinajstić information content (AvgIpc) is 2.78. The fourth-order valence-corrected chi connectivity index (χ4v) is 4.23. The molecule has 0 saturated carbocycles. The normalized spacial score (nSPS) is 11.4. The van der Waals surface area contributed by atoms with E-state index in [4.69, 9.17) is 9.15 Å². The molecule has 0 aliphatic rings. The van der Waals surface area contributed by atoms with Crippen LogP contribution < -0.4 is 19.8 Å². The molecule has 0 bridgehead atoms. The highest BCUT2D eigenvalue weighted by molar-refractivity contribution is 9.09. The summed E-state index contributed by atoms with van der Waals surface area (Å²) in [5, 5.41) is 1.14. The first-order valence-electron chi connectivity index (χ1n) is 10.1. The van der Waals surface area contributed by atoms with Gasteiger partial charge in [0.05, 0.1) is 5.69 Å². The summed E-state index contributed by atoms with van der Waals surface area (Å²) >= 11 is 3.38. The first-order valence-corrected chi connectivity index (χ1v) is 12.7. The molecule has 1 aromatic heterocycles. The van der Waals surface area contributed by atoms with Crippen molar-refractivity contribution >= 4 is 48.9 Å². The van der Waals surface area contributed by atoms with Crippen LogP contribution in [0.15, 0.2) is 45.6 Å². The van der Waals surface area contributed by atoms with E-state index < -0.39 is 27.7 Å². The van der Waals surface area contributed by atoms with Gasteiger partial charge in [0.15, 0.2) is 5.82 Å². The molecule has 2 N–H and O–H groups in total. The molecule has 0 unspecified atom stereocenters. The molecule has 0 aliphatic heterocycles. The molecular formula is C22H23BrFN3O6S. The van der Waals surface area contributed by atoms with Crippen LogP contribution in [0.4, 0.5) is 14.9 Å². The summed E-state index contributed by atoms with van der Waals surface area (Å²) in [6.45, 7) is 0. The number of hydrogen-bond acceptors (Lipinski definition) is 6. The highest BCUT2D eigenvalue weighted by Crippen LogP contribution is 2.28. The maximum atomic E-state index is 15.1. The lowest BCUT2D eigenvalue weighted by molar-refractivity contribution is 0.172. The average molecular weight is 556 g/mol. The zero-order valence-electron chi connectivity index (χ0n) is 18.6. The molecule has 3 rings (SSSR count). The third-order valence-corrected chi connectivity index (χ3v) is 6.39. The molecule has 0 fully saturated rings. The Bertz CT molecular complexity index is 1390. The number of nitrogens with one attached hydrogen (secondary N) is 2. The van der Waals surface area contributed by atoms with Crippen molar-refractivity contribution in [3.8, 4) is 5.75 Å². The van der Waals surface area contributed by atoms with Gasteiger partial charge in [0.25, 0.3) is 10.2 Å². The number of rotatable bonds is 8. The van der Waals surface area contributed by atoms with E-state index in [0.29, 0.717) is 22.7 Å². The monoisotopic (exact) mass is 555 g/mol. The Kier molecular flexibility index (Phi) is 7.95. The van der Waals surface area contributed by atoms with Gasteiger partial charge in [0, 0.05) is 49.9 Å². The van der Waals surface area contributed by atoms with Crippen molar-refractivity contribution in [2.24, 2.45) is 0 Å². The predicted octanol–water partition coefficient (Wildman–Crippen LogP) is 3.40. The molecule has 1 heterocycles. The third kappa shape index (κ3) is 5.75. The second-order valence-corrected chi connectivity index (χ2v) is 9.88. The lowest BCUT2D eigenvalue weighted by Crippen LogP contribution is -2.27. The van der Waals surface area contributed by atoms with Crippen molar-refractivity contribution in [2.45, 2.75) is 12.8 Å². The van der Waals surface area contributed by atoms with Gasteiger partial charge in [-0.1, -0.05) is 28.1 Å². The number of amides is 1. The Morgan fingerprint density at radius 1 is 1.21 bits per heavy atom. The van der Waals surface area contributed by atoms with E-state index >= 15 is 4.39 Å². The molecule has 182 valence electrons. The fraction of sp³-hybridized carbons (Fsp3) is 0.273. The quantitative estimate of drug-likeness (QED) is 0.325. The highest BCUT2D eigenvalue weighted by atomic mass is 79.9. The number of ether oxygens (including phenoxy) is 1. The van der Waals surface area contributed by atoms with Crippen molar-refractivity contribution in [3.05, 3.63) is 69.3 Å². The number of carbonyl (C=O) groups is 1. The van der Waals surface area contributed by atoms with Crippen molar-refractivity contribution in [1.29, 1.82) is 0 Å². The van der Waals surface area contributed by atoms with Gasteiger partial charge in [-0.25, -0.2) is 18.7 Å². The van der Waals surface area contributed by atoms with Crippen molar-refractivity contribution in [1.82, 2.24) is 9.62 Å². The van der Waals surface area contributed by atoms with E-state index in [1.807, 2.05) is 0 Å². The summed E-state index contributed by atoms with van der Waals surface area (Å²) in [7, 11) is 0.363. The van der Waals surface area contributed by atoms with Crippen LogP contribution in [0.2, 0.25) is 0 Å². The standard InChI is InChI=1S/C22H23BrFN3O6S/c1-25-34(30,31)26-18-6-4-5-13(20(18)24)11-17-15(9-10-23)16-8-7-14(32-22(29)27(2)3)12-19(16)33-21(17)28/h4-8,12,25-26H,9-11H2,1-3H3. The summed E-state index contributed by atoms with van der Waals surface area (Å²) in [6.07, 6.45) is -0.246. The molecule has 0 atom stereocenters. The summed E-state index contributed by atoms with van der Waals surface area (Å²) < 4.78 is 53.5. The molecule has 12 heteroatoms. The summed E-state index contributed by atoms with van der Waals surface area (Å²) in [5.41, 5.74) is 0.332. The number of hydrogen-bond donors (Lipinski definition) is 2. The number of benzene rings is 2. The van der Waals surface area contributed by atoms with Crippen LogP contribution in [0, 0.1) is 5.82 Å². The molecule has 1 amide bonds. The van der Waals surface area contributed by atoms with Crippen LogP contribution in [-0.4, -0.2) is 45.9 Å². The van der Waals surface area contributed by atoms with Gasteiger partial charge in [-0.05, 0) is 35.7 Å². The molecule has 9 nitrogen and oxygen atoms in total. The van der Waals surface area contributed by atoms with Crippen molar-refractivity contribution in [3.63, 3.8) is 0 Å². The Balaban J connectivity index is 2.06. The Labute approximate surface area is 204 Å². The first-order chi connectivity index (χ1) is 16.1. The third-order valence-electron chi connectivity index (χ3n) is 4.97. The number of carbonyl (C=O) groups excluding carboxylic acids is 1. The van der Waals surface area contributed by atoms with Crippen LogP contribution >= 0.6 is 15.9 Å². The number of nitrogens with zero attached hydrogens (tertiary/aromatic N) is 1. The highest BCUT2D eigenvalue weighted by Gasteiger charge is 2.20. The number of aryl methyl sites for hydroxylation is 1. The van der Waals surface area contributed by atoms with E-state index in [0.717, 1.165) is 0 Å². The summed E-state index contributed by atoms with van der Waals surface area (Å²) in [4.78, 5) is 26.0. The van der Waals surface area contributed by atoms with Gasteiger partial charge in [-0.15, -0.1) is 0 Å². The van der Waals surface area contributed by atoms with Gasteiger partial charge in [0.2, 0.25) is 0 Å². The molecule has 0 spiro atoms. The van der Waals surface area contributed by atoms with Gasteiger partial charge < -0.3 is 14.1 Å². The largest absolute Gasteiger partial charge is 0.422 e.